The Balaban J connectivity index is 2.45. The first kappa shape index (κ1) is 15.4. The van der Waals surface area contributed by atoms with Crippen molar-refractivity contribution >= 4 is 17.3 Å². The Labute approximate surface area is 113 Å². The molecule has 0 atom stereocenters. The minimum Gasteiger partial charge on any atom is -0.399 e. The molecule has 1 aromatic carbocycles. The zero-order valence-corrected chi connectivity index (χ0v) is 11.6. The topological polar surface area (TPSA) is 64.3 Å². The molecule has 3 N–H and O–H groups in total. The molecule has 0 aliphatic heterocycles. The highest BCUT2D eigenvalue weighted by molar-refractivity contribution is 5.91. The molecule has 0 fully saturated rings. The number of nitrogens with two attached hydrogens (primary N) is 1. The molecule has 0 unspecified atom stereocenters. The van der Waals surface area contributed by atoms with Crippen molar-refractivity contribution < 1.29 is 13.9 Å². The van der Waals surface area contributed by atoms with E-state index in [-0.39, 0.29) is 23.6 Å². The number of hydrogen-bond donors (Lipinski definition) is 2. The Kier molecular flexibility index (Phi) is 5.30. The summed E-state index contributed by atoms with van der Waals surface area (Å²) in [4.78, 5) is 11.7. The summed E-state index contributed by atoms with van der Waals surface area (Å²) < 4.78 is 19.0. The summed E-state index contributed by atoms with van der Waals surface area (Å²) in [5, 5.41) is 2.48. The van der Waals surface area contributed by atoms with Gasteiger partial charge < -0.3 is 15.8 Å². The largest absolute Gasteiger partial charge is 0.399 e. The molecule has 19 heavy (non-hydrogen) atoms. The van der Waals surface area contributed by atoms with Crippen LogP contribution in [-0.4, -0.2) is 18.1 Å². The van der Waals surface area contributed by atoms with Gasteiger partial charge in [0.05, 0.1) is 24.3 Å². The number of hydrogen-bond acceptors (Lipinski definition) is 3. The Bertz CT molecular complexity index is 447. The van der Waals surface area contributed by atoms with Gasteiger partial charge in [0.1, 0.15) is 5.82 Å². The van der Waals surface area contributed by atoms with Gasteiger partial charge in [-0.05, 0) is 38.5 Å². The van der Waals surface area contributed by atoms with Gasteiger partial charge in [-0.3, -0.25) is 4.79 Å². The van der Waals surface area contributed by atoms with Crippen LogP contribution in [0.3, 0.4) is 0 Å². The number of amides is 1. The summed E-state index contributed by atoms with van der Waals surface area (Å²) in [6.45, 7) is 6.24. The number of nitrogens with one attached hydrogen (secondary N) is 1. The minimum absolute atomic E-state index is 0.0970. The normalized spacial score (nSPS) is 11.4. The predicted octanol–water partition coefficient (Wildman–Crippen LogP) is 2.94. The maximum atomic E-state index is 13.4. The van der Waals surface area contributed by atoms with E-state index in [0.29, 0.717) is 12.3 Å². The molecule has 0 spiro atoms. The van der Waals surface area contributed by atoms with E-state index in [1.165, 1.54) is 18.2 Å². The monoisotopic (exact) mass is 268 g/mol. The number of nitrogen functional groups attached to an aromatic ring is 1. The molecule has 106 valence electrons. The summed E-state index contributed by atoms with van der Waals surface area (Å²) in [5.74, 6) is -0.797. The van der Waals surface area contributed by atoms with Crippen molar-refractivity contribution in [2.45, 2.75) is 39.2 Å². The number of carbonyl (C=O) groups excluding carboxylic acids is 1. The van der Waals surface area contributed by atoms with Crippen LogP contribution in [0.4, 0.5) is 15.8 Å². The van der Waals surface area contributed by atoms with E-state index in [9.17, 15) is 9.18 Å². The highest BCUT2D eigenvalue weighted by Gasteiger charge is 2.16. The van der Waals surface area contributed by atoms with Crippen LogP contribution in [0.2, 0.25) is 0 Å². The smallest absolute Gasteiger partial charge is 0.226 e. The first-order chi connectivity index (χ1) is 8.84. The lowest BCUT2D eigenvalue weighted by Gasteiger charge is -2.23. The number of halogens is 1. The summed E-state index contributed by atoms with van der Waals surface area (Å²) in [6.07, 6.45) is 1.04. The first-order valence-electron chi connectivity index (χ1n) is 6.33. The zero-order chi connectivity index (χ0) is 14.5. The van der Waals surface area contributed by atoms with Crippen LogP contribution in [0.25, 0.3) is 0 Å². The number of ether oxygens (including phenoxy) is 1. The van der Waals surface area contributed by atoms with Gasteiger partial charge in [0, 0.05) is 5.69 Å². The van der Waals surface area contributed by atoms with Gasteiger partial charge in [-0.2, -0.15) is 0 Å². The van der Waals surface area contributed by atoms with Gasteiger partial charge in [-0.15, -0.1) is 0 Å². The number of carbonyl (C=O) groups is 1. The molecule has 0 heterocycles. The van der Waals surface area contributed by atoms with Crippen LogP contribution in [0.5, 0.6) is 0 Å². The molecule has 1 aromatic rings. The third-order valence-corrected chi connectivity index (χ3v) is 2.94. The molecule has 1 rings (SSSR count). The molecule has 0 aliphatic carbocycles. The second kappa shape index (κ2) is 6.52. The molecule has 0 radical (unpaired) electrons. The minimum atomic E-state index is -0.502. The average molecular weight is 268 g/mol. The van der Waals surface area contributed by atoms with E-state index in [1.807, 2.05) is 20.8 Å². The van der Waals surface area contributed by atoms with E-state index in [1.54, 1.807) is 0 Å². The summed E-state index contributed by atoms with van der Waals surface area (Å²) in [5.41, 5.74) is 5.79. The molecule has 0 saturated heterocycles. The Morgan fingerprint density at radius 1 is 1.47 bits per heavy atom. The van der Waals surface area contributed by atoms with Crippen LogP contribution < -0.4 is 11.1 Å². The van der Waals surface area contributed by atoms with Crippen molar-refractivity contribution in [3.63, 3.8) is 0 Å². The highest BCUT2D eigenvalue weighted by atomic mass is 19.1. The molecular formula is C14H21FN2O2. The standard InChI is InChI=1S/C14H21FN2O2/c1-4-14(2,3)19-8-7-13(18)17-12-9-10(16)5-6-11(12)15/h5-6,9H,4,7-8,16H2,1-3H3,(H,17,18). The van der Waals surface area contributed by atoms with Crippen molar-refractivity contribution in [2.24, 2.45) is 0 Å². The number of anilines is 2. The van der Waals surface area contributed by atoms with Gasteiger partial charge in [0.15, 0.2) is 0 Å². The van der Waals surface area contributed by atoms with Gasteiger partial charge in [-0.25, -0.2) is 4.39 Å². The van der Waals surface area contributed by atoms with Gasteiger partial charge >= 0.3 is 0 Å². The molecule has 4 nitrogen and oxygen atoms in total. The lowest BCUT2D eigenvalue weighted by molar-refractivity contribution is -0.118. The summed E-state index contributed by atoms with van der Waals surface area (Å²) >= 11 is 0. The number of rotatable bonds is 6. The molecule has 0 aliphatic rings. The predicted molar refractivity (Wildman–Crippen MR) is 74.4 cm³/mol. The Hall–Kier alpha value is -1.62. The van der Waals surface area contributed by atoms with Crippen molar-refractivity contribution in [1.82, 2.24) is 0 Å². The quantitative estimate of drug-likeness (QED) is 0.780. The highest BCUT2D eigenvalue weighted by Crippen LogP contribution is 2.18. The molecule has 0 saturated carbocycles. The van der Waals surface area contributed by atoms with Crippen molar-refractivity contribution in [1.29, 1.82) is 0 Å². The summed E-state index contributed by atoms with van der Waals surface area (Å²) in [6, 6.07) is 4.06. The fourth-order valence-electron chi connectivity index (χ4n) is 1.37. The van der Waals surface area contributed by atoms with E-state index >= 15 is 0 Å². The van der Waals surface area contributed by atoms with Crippen LogP contribution in [0.1, 0.15) is 33.6 Å². The molecule has 0 aromatic heterocycles. The third-order valence-electron chi connectivity index (χ3n) is 2.94. The average Bonchev–Trinajstić information content (AvgIpc) is 2.33. The van der Waals surface area contributed by atoms with Crippen LogP contribution in [0.15, 0.2) is 18.2 Å². The second-order valence-corrected chi connectivity index (χ2v) is 5.00. The van der Waals surface area contributed by atoms with Gasteiger partial charge in [0.2, 0.25) is 5.91 Å². The van der Waals surface area contributed by atoms with E-state index < -0.39 is 5.82 Å². The molecule has 1 amide bonds. The SMILES string of the molecule is CCC(C)(C)OCCC(=O)Nc1cc(N)ccc1F. The zero-order valence-electron chi connectivity index (χ0n) is 11.6. The van der Waals surface area contributed by atoms with E-state index in [2.05, 4.69) is 5.32 Å². The van der Waals surface area contributed by atoms with Gasteiger partial charge in [0.25, 0.3) is 0 Å². The Morgan fingerprint density at radius 3 is 2.79 bits per heavy atom. The van der Waals surface area contributed by atoms with Crippen molar-refractivity contribution in [3.8, 4) is 0 Å². The molecular weight excluding hydrogens is 247 g/mol. The van der Waals surface area contributed by atoms with Crippen molar-refractivity contribution in [3.05, 3.63) is 24.0 Å². The van der Waals surface area contributed by atoms with Crippen LogP contribution in [0, 0.1) is 5.82 Å². The second-order valence-electron chi connectivity index (χ2n) is 5.00. The van der Waals surface area contributed by atoms with Crippen molar-refractivity contribution in [2.75, 3.05) is 17.7 Å². The third kappa shape index (κ3) is 5.26. The lowest BCUT2D eigenvalue weighted by atomic mass is 10.1. The maximum Gasteiger partial charge on any atom is 0.226 e. The lowest BCUT2D eigenvalue weighted by Crippen LogP contribution is -2.25. The maximum absolute atomic E-state index is 13.4. The molecule has 5 heteroatoms. The van der Waals surface area contributed by atoms with E-state index in [0.717, 1.165) is 6.42 Å². The fraction of sp³-hybridized carbons (Fsp3) is 0.500. The Morgan fingerprint density at radius 2 is 2.16 bits per heavy atom. The van der Waals surface area contributed by atoms with E-state index in [4.69, 9.17) is 10.5 Å². The van der Waals surface area contributed by atoms with Gasteiger partial charge in [-0.1, -0.05) is 6.92 Å². The van der Waals surface area contributed by atoms with Crippen LogP contribution >= 0.6 is 0 Å². The summed E-state index contributed by atoms with van der Waals surface area (Å²) in [7, 11) is 0. The first-order valence-corrected chi connectivity index (χ1v) is 6.33. The van der Waals surface area contributed by atoms with Crippen LogP contribution in [-0.2, 0) is 9.53 Å². The molecule has 0 bridgehead atoms. The number of benzene rings is 1. The fourth-order valence-corrected chi connectivity index (χ4v) is 1.37.